The predicted octanol–water partition coefficient (Wildman–Crippen LogP) is 3.74. The Kier molecular flexibility index (Phi) is 5.89. The lowest BCUT2D eigenvalue weighted by atomic mass is 10.1. The number of nitrogens with zero attached hydrogens (tertiary/aromatic N) is 2. The SMILES string of the molecule is CC(=O)c1ccc(NCCCN(C)c2ccccc2)c([N+](=O)[O-])c1. The van der Waals surface area contributed by atoms with Crippen LogP contribution < -0.4 is 10.2 Å². The summed E-state index contributed by atoms with van der Waals surface area (Å²) in [6.07, 6.45) is 0.830. The van der Waals surface area contributed by atoms with Gasteiger partial charge in [0.1, 0.15) is 5.69 Å². The number of rotatable bonds is 8. The summed E-state index contributed by atoms with van der Waals surface area (Å²) < 4.78 is 0. The van der Waals surface area contributed by atoms with Crippen molar-refractivity contribution < 1.29 is 9.72 Å². The van der Waals surface area contributed by atoms with Gasteiger partial charge in [0.15, 0.2) is 5.78 Å². The quantitative estimate of drug-likeness (QED) is 0.346. The van der Waals surface area contributed by atoms with E-state index >= 15 is 0 Å². The van der Waals surface area contributed by atoms with Gasteiger partial charge in [-0.05, 0) is 37.6 Å². The highest BCUT2D eigenvalue weighted by Crippen LogP contribution is 2.25. The minimum Gasteiger partial charge on any atom is -0.379 e. The lowest BCUT2D eigenvalue weighted by Crippen LogP contribution is -2.20. The van der Waals surface area contributed by atoms with Crippen LogP contribution >= 0.6 is 0 Å². The van der Waals surface area contributed by atoms with Crippen molar-refractivity contribution in [2.45, 2.75) is 13.3 Å². The largest absolute Gasteiger partial charge is 0.379 e. The van der Waals surface area contributed by atoms with Crippen LogP contribution in [0.25, 0.3) is 0 Å². The molecule has 6 nitrogen and oxygen atoms in total. The van der Waals surface area contributed by atoms with Crippen molar-refractivity contribution in [2.24, 2.45) is 0 Å². The van der Waals surface area contributed by atoms with E-state index in [1.807, 2.05) is 37.4 Å². The molecule has 0 fully saturated rings. The van der Waals surface area contributed by atoms with E-state index in [9.17, 15) is 14.9 Å². The fourth-order valence-electron chi connectivity index (χ4n) is 2.40. The summed E-state index contributed by atoms with van der Waals surface area (Å²) in [6, 6.07) is 14.6. The van der Waals surface area contributed by atoms with E-state index < -0.39 is 4.92 Å². The smallest absolute Gasteiger partial charge is 0.293 e. The number of carbonyl (C=O) groups is 1. The Hall–Kier alpha value is -2.89. The molecular weight excluding hydrogens is 306 g/mol. The normalized spacial score (nSPS) is 10.2. The van der Waals surface area contributed by atoms with Gasteiger partial charge in [0.2, 0.25) is 0 Å². The molecule has 0 spiro atoms. The summed E-state index contributed by atoms with van der Waals surface area (Å²) in [7, 11) is 2.01. The maximum absolute atomic E-state index is 11.4. The Bertz CT molecular complexity index is 717. The van der Waals surface area contributed by atoms with Crippen LogP contribution in [0.2, 0.25) is 0 Å². The molecule has 0 amide bonds. The van der Waals surface area contributed by atoms with Crippen molar-refractivity contribution in [1.82, 2.24) is 0 Å². The third kappa shape index (κ3) is 4.55. The third-order valence-electron chi connectivity index (χ3n) is 3.78. The Labute approximate surface area is 141 Å². The summed E-state index contributed by atoms with van der Waals surface area (Å²) in [5, 5.41) is 14.3. The molecule has 0 saturated carbocycles. The van der Waals surface area contributed by atoms with Crippen LogP contribution in [0.5, 0.6) is 0 Å². The number of anilines is 2. The Balaban J connectivity index is 1.92. The van der Waals surface area contributed by atoms with Gasteiger partial charge < -0.3 is 10.2 Å². The van der Waals surface area contributed by atoms with Crippen molar-refractivity contribution in [3.8, 4) is 0 Å². The number of carbonyl (C=O) groups excluding carboxylic acids is 1. The van der Waals surface area contributed by atoms with Crippen molar-refractivity contribution in [3.05, 3.63) is 64.2 Å². The Morgan fingerprint density at radius 3 is 2.54 bits per heavy atom. The number of para-hydroxylation sites is 1. The van der Waals surface area contributed by atoms with Crippen LogP contribution in [-0.4, -0.2) is 30.8 Å². The Morgan fingerprint density at radius 2 is 1.92 bits per heavy atom. The monoisotopic (exact) mass is 327 g/mol. The molecule has 6 heteroatoms. The number of ketones is 1. The molecule has 1 N–H and O–H groups in total. The molecule has 0 heterocycles. The second-order valence-electron chi connectivity index (χ2n) is 5.58. The van der Waals surface area contributed by atoms with Gasteiger partial charge in [-0.2, -0.15) is 0 Å². The topological polar surface area (TPSA) is 75.5 Å². The molecule has 0 unspecified atom stereocenters. The van der Waals surface area contributed by atoms with Crippen LogP contribution in [0.1, 0.15) is 23.7 Å². The molecule has 0 atom stereocenters. The minimum absolute atomic E-state index is 0.0703. The van der Waals surface area contributed by atoms with E-state index in [4.69, 9.17) is 0 Å². The fourth-order valence-corrected chi connectivity index (χ4v) is 2.40. The van der Waals surface area contributed by atoms with E-state index in [0.29, 0.717) is 17.8 Å². The highest BCUT2D eigenvalue weighted by molar-refractivity contribution is 5.95. The molecule has 0 aliphatic rings. The molecule has 2 rings (SSSR count). The lowest BCUT2D eigenvalue weighted by Gasteiger charge is -2.19. The number of Topliss-reactive ketones (excluding diaryl/α,β-unsaturated/α-hetero) is 1. The first kappa shape index (κ1) is 17.5. The molecule has 2 aromatic carbocycles. The van der Waals surface area contributed by atoms with Crippen LogP contribution in [0.3, 0.4) is 0 Å². The zero-order valence-electron chi connectivity index (χ0n) is 13.9. The summed E-state index contributed by atoms with van der Waals surface area (Å²) in [4.78, 5) is 24.2. The molecule has 126 valence electrons. The van der Waals surface area contributed by atoms with Gasteiger partial charge >= 0.3 is 0 Å². The minimum atomic E-state index is -0.467. The molecule has 24 heavy (non-hydrogen) atoms. The maximum atomic E-state index is 11.4. The van der Waals surface area contributed by atoms with E-state index in [1.54, 1.807) is 12.1 Å². The van der Waals surface area contributed by atoms with Crippen molar-refractivity contribution in [2.75, 3.05) is 30.4 Å². The molecule has 0 aliphatic heterocycles. The summed E-state index contributed by atoms with van der Waals surface area (Å²) in [5.41, 5.74) is 1.84. The molecule has 0 saturated heterocycles. The average Bonchev–Trinajstić information content (AvgIpc) is 2.59. The molecular formula is C18H21N3O3. The second kappa shape index (κ2) is 8.10. The Morgan fingerprint density at radius 1 is 1.21 bits per heavy atom. The number of nitro groups is 1. The zero-order valence-corrected chi connectivity index (χ0v) is 13.9. The first-order valence-electron chi connectivity index (χ1n) is 7.78. The fraction of sp³-hybridized carbons (Fsp3) is 0.278. The average molecular weight is 327 g/mol. The maximum Gasteiger partial charge on any atom is 0.293 e. The van der Waals surface area contributed by atoms with E-state index in [0.717, 1.165) is 18.7 Å². The van der Waals surface area contributed by atoms with Crippen molar-refractivity contribution in [3.63, 3.8) is 0 Å². The molecule has 0 radical (unpaired) electrons. The summed E-state index contributed by atoms with van der Waals surface area (Å²) in [5.74, 6) is -0.186. The zero-order chi connectivity index (χ0) is 17.5. The van der Waals surface area contributed by atoms with E-state index in [2.05, 4.69) is 10.2 Å². The van der Waals surface area contributed by atoms with Crippen molar-refractivity contribution >= 4 is 22.8 Å². The number of benzene rings is 2. The van der Waals surface area contributed by atoms with Gasteiger partial charge in [-0.3, -0.25) is 14.9 Å². The molecule has 0 aliphatic carbocycles. The number of hydrogen-bond acceptors (Lipinski definition) is 5. The highest BCUT2D eigenvalue weighted by Gasteiger charge is 2.15. The first-order valence-corrected chi connectivity index (χ1v) is 7.78. The highest BCUT2D eigenvalue weighted by atomic mass is 16.6. The van der Waals surface area contributed by atoms with Gasteiger partial charge in [0.25, 0.3) is 5.69 Å². The van der Waals surface area contributed by atoms with Crippen LogP contribution in [-0.2, 0) is 0 Å². The van der Waals surface area contributed by atoms with Crippen LogP contribution in [0, 0.1) is 10.1 Å². The van der Waals surface area contributed by atoms with Crippen LogP contribution in [0.15, 0.2) is 48.5 Å². The van der Waals surface area contributed by atoms with Gasteiger partial charge in [-0.1, -0.05) is 18.2 Å². The summed E-state index contributed by atoms with van der Waals surface area (Å²) >= 11 is 0. The number of nitro benzene ring substituents is 1. The lowest BCUT2D eigenvalue weighted by molar-refractivity contribution is -0.384. The molecule has 2 aromatic rings. The van der Waals surface area contributed by atoms with Gasteiger partial charge in [0, 0.05) is 37.5 Å². The summed E-state index contributed by atoms with van der Waals surface area (Å²) in [6.45, 7) is 2.83. The predicted molar refractivity (Wildman–Crippen MR) is 95.9 cm³/mol. The third-order valence-corrected chi connectivity index (χ3v) is 3.78. The van der Waals surface area contributed by atoms with Gasteiger partial charge in [-0.25, -0.2) is 0 Å². The standard InChI is InChI=1S/C18H21N3O3/c1-14(22)15-9-10-17(18(13-15)21(23)24)19-11-6-12-20(2)16-7-4-3-5-8-16/h3-5,7-10,13,19H,6,11-12H2,1-2H3. The van der Waals surface area contributed by atoms with Gasteiger partial charge in [-0.15, -0.1) is 0 Å². The molecule has 0 aromatic heterocycles. The van der Waals surface area contributed by atoms with Gasteiger partial charge in [0.05, 0.1) is 4.92 Å². The van der Waals surface area contributed by atoms with Crippen LogP contribution in [0.4, 0.5) is 17.1 Å². The van der Waals surface area contributed by atoms with Crippen molar-refractivity contribution in [1.29, 1.82) is 0 Å². The van der Waals surface area contributed by atoms with E-state index in [1.165, 1.54) is 13.0 Å². The number of hydrogen-bond donors (Lipinski definition) is 1. The first-order chi connectivity index (χ1) is 11.5. The van der Waals surface area contributed by atoms with E-state index in [-0.39, 0.29) is 11.5 Å². The molecule has 0 bridgehead atoms. The number of nitrogens with one attached hydrogen (secondary N) is 1. The second-order valence-corrected chi connectivity index (χ2v) is 5.58.